The lowest BCUT2D eigenvalue weighted by molar-refractivity contribution is 0.689. The fourth-order valence-electron chi connectivity index (χ4n) is 4.20. The maximum absolute atomic E-state index is 7.84. The van der Waals surface area contributed by atoms with E-state index in [2.05, 4.69) is 9.97 Å². The topological polar surface area (TPSA) is 91.4 Å². The molecule has 0 bridgehead atoms. The van der Waals surface area contributed by atoms with Gasteiger partial charge < -0.3 is 16.1 Å². The highest BCUT2D eigenvalue weighted by Gasteiger charge is 2.22. The Morgan fingerprint density at radius 2 is 1.96 bits per heavy atom. The van der Waals surface area contributed by atoms with Crippen LogP contribution in [0, 0.1) is 5.41 Å². The number of H-pyrrole nitrogens is 1. The van der Waals surface area contributed by atoms with Crippen LogP contribution in [0.1, 0.15) is 29.5 Å². The smallest absolute Gasteiger partial charge is 0.0766 e. The van der Waals surface area contributed by atoms with Crippen LogP contribution in [0.4, 0.5) is 5.69 Å². The van der Waals surface area contributed by atoms with Gasteiger partial charge in [-0.3, -0.25) is 4.98 Å². The molecule has 0 saturated heterocycles. The molecule has 1 aliphatic carbocycles. The predicted molar refractivity (Wildman–Crippen MR) is 106 cm³/mol. The number of nitrogens with zero attached hydrogens (tertiary/aromatic N) is 2. The lowest BCUT2D eigenvalue weighted by Gasteiger charge is -2.22. The zero-order chi connectivity index (χ0) is 17.7. The van der Waals surface area contributed by atoms with Crippen LogP contribution in [-0.2, 0) is 12.8 Å². The fourth-order valence-corrected chi connectivity index (χ4v) is 4.20. The van der Waals surface area contributed by atoms with Gasteiger partial charge in [0.15, 0.2) is 0 Å². The molecule has 5 rings (SSSR count). The molecule has 1 aromatic carbocycles. The van der Waals surface area contributed by atoms with E-state index in [9.17, 15) is 0 Å². The second kappa shape index (κ2) is 5.66. The molecule has 0 aliphatic heterocycles. The molecule has 0 saturated carbocycles. The predicted octanol–water partition coefficient (Wildman–Crippen LogP) is 4.24. The third kappa shape index (κ3) is 2.07. The van der Waals surface area contributed by atoms with Crippen molar-refractivity contribution >= 4 is 33.7 Å². The number of nitrogen functional groups attached to an aromatic ring is 1. The number of anilines is 1. The number of aromatic nitrogens is 3. The van der Waals surface area contributed by atoms with Gasteiger partial charge in [-0.05, 0) is 55.0 Å². The molecular weight excluding hydrogens is 322 g/mol. The summed E-state index contributed by atoms with van der Waals surface area (Å²) >= 11 is 0. The number of aromatic amines is 1. The van der Waals surface area contributed by atoms with Crippen LogP contribution in [-0.4, -0.2) is 21.2 Å². The van der Waals surface area contributed by atoms with Crippen molar-refractivity contribution in [1.29, 1.82) is 5.41 Å². The number of hydrogen-bond donors (Lipinski definition) is 3. The summed E-state index contributed by atoms with van der Waals surface area (Å²) < 4.78 is 0. The van der Waals surface area contributed by atoms with Gasteiger partial charge in [-0.2, -0.15) is 0 Å². The molecule has 0 fully saturated rings. The molecule has 5 nitrogen and oxygen atoms in total. The van der Waals surface area contributed by atoms with E-state index in [1.807, 2.05) is 30.6 Å². The van der Waals surface area contributed by atoms with Gasteiger partial charge in [0.25, 0.3) is 0 Å². The van der Waals surface area contributed by atoms with Gasteiger partial charge in [-0.1, -0.05) is 0 Å². The molecule has 0 unspecified atom stereocenters. The Bertz CT molecular complexity index is 1170. The zero-order valence-electron chi connectivity index (χ0n) is 14.3. The first-order chi connectivity index (χ1) is 12.8. The van der Waals surface area contributed by atoms with Gasteiger partial charge in [0, 0.05) is 57.9 Å². The number of nitrogens with one attached hydrogen (secondary N) is 2. The summed E-state index contributed by atoms with van der Waals surface area (Å²) in [4.78, 5) is 12.7. The number of aryl methyl sites for hydroxylation is 1. The molecule has 0 spiro atoms. The van der Waals surface area contributed by atoms with E-state index in [1.54, 1.807) is 6.20 Å². The Hall–Kier alpha value is -3.21. The minimum Gasteiger partial charge on any atom is -0.398 e. The van der Waals surface area contributed by atoms with Crippen LogP contribution in [0.5, 0.6) is 0 Å². The van der Waals surface area contributed by atoms with Crippen molar-refractivity contribution in [3.8, 4) is 11.3 Å². The van der Waals surface area contributed by atoms with Gasteiger partial charge in [-0.15, -0.1) is 0 Å². The highest BCUT2D eigenvalue weighted by molar-refractivity contribution is 6.06. The molecule has 128 valence electrons. The Morgan fingerprint density at radius 1 is 1.12 bits per heavy atom. The summed E-state index contributed by atoms with van der Waals surface area (Å²) in [5.74, 6) is 0. The monoisotopic (exact) mass is 341 g/mol. The zero-order valence-corrected chi connectivity index (χ0v) is 14.3. The van der Waals surface area contributed by atoms with Crippen molar-refractivity contribution in [2.45, 2.75) is 25.7 Å². The van der Waals surface area contributed by atoms with Crippen LogP contribution in [0.15, 0.2) is 36.8 Å². The number of nitrogens with two attached hydrogens (primary N) is 1. The highest BCUT2D eigenvalue weighted by Crippen LogP contribution is 2.39. The Morgan fingerprint density at radius 3 is 2.81 bits per heavy atom. The summed E-state index contributed by atoms with van der Waals surface area (Å²) in [5, 5.41) is 9.98. The second-order valence-corrected chi connectivity index (χ2v) is 6.86. The second-order valence-electron chi connectivity index (χ2n) is 6.86. The van der Waals surface area contributed by atoms with Gasteiger partial charge in [0.05, 0.1) is 11.2 Å². The van der Waals surface area contributed by atoms with E-state index >= 15 is 0 Å². The Kier molecular flexibility index (Phi) is 3.28. The van der Waals surface area contributed by atoms with Crippen molar-refractivity contribution in [1.82, 2.24) is 15.0 Å². The molecule has 4 aromatic rings. The highest BCUT2D eigenvalue weighted by atomic mass is 14.8. The molecule has 3 heterocycles. The van der Waals surface area contributed by atoms with Crippen molar-refractivity contribution in [3.05, 3.63) is 53.5 Å². The molecule has 26 heavy (non-hydrogen) atoms. The summed E-state index contributed by atoms with van der Waals surface area (Å²) in [7, 11) is 0. The normalized spacial score (nSPS) is 13.8. The molecule has 3 aromatic heterocycles. The number of benzene rings is 1. The lowest BCUT2D eigenvalue weighted by Crippen LogP contribution is -2.09. The van der Waals surface area contributed by atoms with E-state index < -0.39 is 0 Å². The first kappa shape index (κ1) is 15.1. The van der Waals surface area contributed by atoms with E-state index in [1.165, 1.54) is 17.3 Å². The summed E-state index contributed by atoms with van der Waals surface area (Å²) in [5.41, 5.74) is 14.3. The third-order valence-corrected chi connectivity index (χ3v) is 5.43. The summed E-state index contributed by atoms with van der Waals surface area (Å²) in [6, 6.07) is 5.81. The maximum Gasteiger partial charge on any atom is 0.0766 e. The van der Waals surface area contributed by atoms with E-state index in [0.29, 0.717) is 5.69 Å². The molecule has 1 aliphatic rings. The van der Waals surface area contributed by atoms with Crippen LogP contribution < -0.4 is 5.73 Å². The summed E-state index contributed by atoms with van der Waals surface area (Å²) in [6.45, 7) is 0. The van der Waals surface area contributed by atoms with Crippen LogP contribution in [0.2, 0.25) is 0 Å². The minimum absolute atomic E-state index is 0.645. The maximum atomic E-state index is 7.84. The van der Waals surface area contributed by atoms with Gasteiger partial charge >= 0.3 is 0 Å². The molecule has 0 atom stereocenters. The number of pyridine rings is 2. The minimum atomic E-state index is 0.645. The average molecular weight is 341 g/mol. The van der Waals surface area contributed by atoms with Gasteiger partial charge in [-0.25, -0.2) is 4.98 Å². The molecule has 0 radical (unpaired) electrons. The Labute approximate surface area is 150 Å². The van der Waals surface area contributed by atoms with Crippen LogP contribution in [0.3, 0.4) is 0 Å². The Balaban J connectivity index is 1.90. The standard InChI is InChI=1S/C21H19N5/c22-9-14-17(23)5-6-19-20(14)12-3-1-2-4-13(12)21(26-19)16-11-25-18-7-8-24-10-15(16)18/h5-11,22,25H,1-4,23H2. The number of rotatable bonds is 2. The molecular formula is C21H19N5. The number of hydrogen-bond acceptors (Lipinski definition) is 4. The van der Waals surface area contributed by atoms with E-state index in [0.717, 1.165) is 64.3 Å². The molecule has 5 heteroatoms. The molecule has 0 amide bonds. The van der Waals surface area contributed by atoms with Crippen molar-refractivity contribution in [3.63, 3.8) is 0 Å². The molecule has 4 N–H and O–H groups in total. The van der Waals surface area contributed by atoms with Crippen LogP contribution in [0.25, 0.3) is 33.1 Å². The van der Waals surface area contributed by atoms with Crippen molar-refractivity contribution in [2.75, 3.05) is 5.73 Å². The largest absolute Gasteiger partial charge is 0.398 e. The van der Waals surface area contributed by atoms with Crippen molar-refractivity contribution < 1.29 is 0 Å². The third-order valence-electron chi connectivity index (χ3n) is 5.43. The van der Waals surface area contributed by atoms with Crippen molar-refractivity contribution in [2.24, 2.45) is 0 Å². The van der Waals surface area contributed by atoms with Gasteiger partial charge in [0.1, 0.15) is 0 Å². The SMILES string of the molecule is N=Cc1c(N)ccc2nc(-c3c[nH]c4ccncc34)c3c(c12)CCCC3. The average Bonchev–Trinajstić information content (AvgIpc) is 3.11. The first-order valence-corrected chi connectivity index (χ1v) is 8.94. The van der Waals surface area contributed by atoms with Crippen LogP contribution >= 0.6 is 0 Å². The lowest BCUT2D eigenvalue weighted by atomic mass is 9.85. The number of fused-ring (bicyclic) bond motifs is 4. The van der Waals surface area contributed by atoms with E-state index in [-0.39, 0.29) is 0 Å². The first-order valence-electron chi connectivity index (χ1n) is 8.94. The fraction of sp³-hybridized carbons (Fsp3) is 0.190. The van der Waals surface area contributed by atoms with Gasteiger partial charge in [0.2, 0.25) is 0 Å². The summed E-state index contributed by atoms with van der Waals surface area (Å²) in [6.07, 6.45) is 11.4. The quantitative estimate of drug-likeness (QED) is 0.376. The van der Waals surface area contributed by atoms with E-state index in [4.69, 9.17) is 16.1 Å².